The van der Waals surface area contributed by atoms with E-state index >= 15 is 0 Å². The molecule has 1 amide bonds. The average molecular weight is 369 g/mol. The molecule has 0 heterocycles. The van der Waals surface area contributed by atoms with Gasteiger partial charge in [-0.2, -0.15) is 0 Å². The molecule has 2 aromatic carbocycles. The van der Waals surface area contributed by atoms with Gasteiger partial charge >= 0.3 is 0 Å². The van der Waals surface area contributed by atoms with Crippen LogP contribution in [0.3, 0.4) is 0 Å². The molecule has 0 radical (unpaired) electrons. The topological polar surface area (TPSA) is 75.3 Å². The molecule has 0 atom stereocenters. The summed E-state index contributed by atoms with van der Waals surface area (Å²) in [6.45, 7) is 1.39. The average Bonchev–Trinajstić information content (AvgIpc) is 2.38. The van der Waals surface area contributed by atoms with Crippen molar-refractivity contribution in [2.75, 3.05) is 10.0 Å². The van der Waals surface area contributed by atoms with E-state index in [-0.39, 0.29) is 10.8 Å². The molecule has 0 saturated heterocycles. The third-order valence-corrected chi connectivity index (χ3v) is 4.48. The largest absolute Gasteiger partial charge is 0.326 e. The Balaban J connectivity index is 2.24. The lowest BCUT2D eigenvalue weighted by molar-refractivity contribution is -0.114. The van der Waals surface area contributed by atoms with E-state index in [9.17, 15) is 13.2 Å². The number of nitrogens with one attached hydrogen (secondary N) is 2. The first-order valence-electron chi connectivity index (χ1n) is 6.03. The van der Waals surface area contributed by atoms with E-state index < -0.39 is 10.0 Å². The second-order valence-electron chi connectivity index (χ2n) is 4.32. The van der Waals surface area contributed by atoms with E-state index in [2.05, 4.69) is 26.0 Å². The smallest absolute Gasteiger partial charge is 0.261 e. The third-order valence-electron chi connectivity index (χ3n) is 2.56. The minimum absolute atomic E-state index is 0.163. The first-order chi connectivity index (χ1) is 9.87. The fraction of sp³-hybridized carbons (Fsp3) is 0.0714. The van der Waals surface area contributed by atoms with Gasteiger partial charge in [0.05, 0.1) is 10.6 Å². The van der Waals surface area contributed by atoms with Crippen LogP contribution in [-0.2, 0) is 14.8 Å². The van der Waals surface area contributed by atoms with Crippen molar-refractivity contribution in [3.05, 3.63) is 53.0 Å². The number of carbonyl (C=O) groups excluding carboxylic acids is 1. The van der Waals surface area contributed by atoms with Crippen molar-refractivity contribution >= 4 is 43.2 Å². The highest BCUT2D eigenvalue weighted by Gasteiger charge is 2.14. The molecule has 0 unspecified atom stereocenters. The van der Waals surface area contributed by atoms with Gasteiger partial charge in [-0.1, -0.05) is 22.0 Å². The number of halogens is 1. The van der Waals surface area contributed by atoms with Gasteiger partial charge in [0.15, 0.2) is 0 Å². The Kier molecular flexibility index (Phi) is 4.64. The van der Waals surface area contributed by atoms with Crippen LogP contribution in [0.2, 0.25) is 0 Å². The fourth-order valence-electron chi connectivity index (χ4n) is 1.69. The molecule has 110 valence electrons. The van der Waals surface area contributed by atoms with Crippen molar-refractivity contribution in [2.45, 2.75) is 11.8 Å². The zero-order valence-corrected chi connectivity index (χ0v) is 13.5. The minimum atomic E-state index is -3.66. The molecule has 0 aliphatic carbocycles. The lowest BCUT2D eigenvalue weighted by Crippen LogP contribution is -2.13. The molecule has 7 heteroatoms. The summed E-state index contributed by atoms with van der Waals surface area (Å²) in [6.07, 6.45) is 0. The van der Waals surface area contributed by atoms with Crippen LogP contribution in [0.25, 0.3) is 0 Å². The van der Waals surface area contributed by atoms with Crippen molar-refractivity contribution in [3.8, 4) is 0 Å². The van der Waals surface area contributed by atoms with E-state index in [0.717, 1.165) is 4.47 Å². The Morgan fingerprint density at radius 2 is 1.67 bits per heavy atom. The highest BCUT2D eigenvalue weighted by molar-refractivity contribution is 9.10. The van der Waals surface area contributed by atoms with Gasteiger partial charge in [-0.15, -0.1) is 0 Å². The Morgan fingerprint density at radius 3 is 2.29 bits per heavy atom. The molecule has 2 rings (SSSR count). The van der Waals surface area contributed by atoms with Crippen LogP contribution in [0.4, 0.5) is 11.4 Å². The SMILES string of the molecule is CC(=O)Nc1cccc(NS(=O)(=O)c2ccc(Br)cc2)c1. The first kappa shape index (κ1) is 15.5. The number of carbonyl (C=O) groups is 1. The molecule has 21 heavy (non-hydrogen) atoms. The number of rotatable bonds is 4. The van der Waals surface area contributed by atoms with Gasteiger partial charge in [0.25, 0.3) is 10.0 Å². The summed E-state index contributed by atoms with van der Waals surface area (Å²) in [5, 5.41) is 2.60. The minimum Gasteiger partial charge on any atom is -0.326 e. The third kappa shape index (κ3) is 4.30. The highest BCUT2D eigenvalue weighted by atomic mass is 79.9. The van der Waals surface area contributed by atoms with Crippen LogP contribution in [0, 0.1) is 0 Å². The van der Waals surface area contributed by atoms with Gasteiger partial charge in [-0.05, 0) is 42.5 Å². The molecule has 2 aromatic rings. The maximum Gasteiger partial charge on any atom is 0.261 e. The molecule has 0 saturated carbocycles. The lowest BCUT2D eigenvalue weighted by atomic mass is 10.3. The molecule has 5 nitrogen and oxygen atoms in total. The van der Waals surface area contributed by atoms with E-state index in [4.69, 9.17) is 0 Å². The highest BCUT2D eigenvalue weighted by Crippen LogP contribution is 2.20. The number of hydrogen-bond donors (Lipinski definition) is 2. The van der Waals surface area contributed by atoms with Gasteiger partial charge in [0, 0.05) is 17.1 Å². The monoisotopic (exact) mass is 368 g/mol. The van der Waals surface area contributed by atoms with Gasteiger partial charge in [-0.3, -0.25) is 9.52 Å². The van der Waals surface area contributed by atoms with Gasteiger partial charge in [0.2, 0.25) is 5.91 Å². The van der Waals surface area contributed by atoms with Crippen LogP contribution in [0.5, 0.6) is 0 Å². The van der Waals surface area contributed by atoms with Gasteiger partial charge in [-0.25, -0.2) is 8.42 Å². The van der Waals surface area contributed by atoms with Crippen molar-refractivity contribution in [1.29, 1.82) is 0 Å². The quantitative estimate of drug-likeness (QED) is 0.869. The first-order valence-corrected chi connectivity index (χ1v) is 8.30. The zero-order chi connectivity index (χ0) is 15.5. The Labute approximate surface area is 131 Å². The maximum absolute atomic E-state index is 12.2. The molecule has 0 aliphatic heterocycles. The number of anilines is 2. The van der Waals surface area contributed by atoms with E-state index in [1.807, 2.05) is 0 Å². The van der Waals surface area contributed by atoms with Crippen molar-refractivity contribution in [2.24, 2.45) is 0 Å². The predicted octanol–water partition coefficient (Wildman–Crippen LogP) is 3.21. The van der Waals surface area contributed by atoms with Crippen LogP contribution in [-0.4, -0.2) is 14.3 Å². The zero-order valence-electron chi connectivity index (χ0n) is 11.1. The molecule has 0 aromatic heterocycles. The number of benzene rings is 2. The van der Waals surface area contributed by atoms with Crippen molar-refractivity contribution in [3.63, 3.8) is 0 Å². The normalized spacial score (nSPS) is 11.0. The van der Waals surface area contributed by atoms with Crippen LogP contribution in [0.1, 0.15) is 6.92 Å². The van der Waals surface area contributed by atoms with Crippen LogP contribution in [0.15, 0.2) is 57.9 Å². The van der Waals surface area contributed by atoms with Crippen LogP contribution < -0.4 is 10.0 Å². The van der Waals surface area contributed by atoms with Crippen LogP contribution >= 0.6 is 15.9 Å². The van der Waals surface area contributed by atoms with Gasteiger partial charge < -0.3 is 5.32 Å². The molecule has 0 spiro atoms. The summed E-state index contributed by atoms with van der Waals surface area (Å²) in [4.78, 5) is 11.2. The van der Waals surface area contributed by atoms with E-state index in [1.165, 1.54) is 19.1 Å². The molecular formula is C14H13BrN2O3S. The standard InChI is InChI=1S/C14H13BrN2O3S/c1-10(18)16-12-3-2-4-13(9-12)17-21(19,20)14-7-5-11(15)6-8-14/h2-9,17H,1H3,(H,16,18). The molecule has 2 N–H and O–H groups in total. The molecule has 0 aliphatic rings. The van der Waals surface area contributed by atoms with Crippen molar-refractivity contribution in [1.82, 2.24) is 0 Å². The summed E-state index contributed by atoms with van der Waals surface area (Å²) < 4.78 is 27.7. The second-order valence-corrected chi connectivity index (χ2v) is 6.92. The van der Waals surface area contributed by atoms with Crippen molar-refractivity contribution < 1.29 is 13.2 Å². The number of hydrogen-bond acceptors (Lipinski definition) is 3. The molecular weight excluding hydrogens is 356 g/mol. The summed E-state index contributed by atoms with van der Waals surface area (Å²) >= 11 is 3.26. The lowest BCUT2D eigenvalue weighted by Gasteiger charge is -2.10. The van der Waals surface area contributed by atoms with E-state index in [0.29, 0.717) is 11.4 Å². The number of sulfonamides is 1. The second kappa shape index (κ2) is 6.28. The predicted molar refractivity (Wildman–Crippen MR) is 85.7 cm³/mol. The summed E-state index contributed by atoms with van der Waals surface area (Å²) in [7, 11) is -3.66. The molecule has 0 bridgehead atoms. The number of amides is 1. The summed E-state index contributed by atoms with van der Waals surface area (Å²) in [5.74, 6) is -0.220. The van der Waals surface area contributed by atoms with Gasteiger partial charge in [0.1, 0.15) is 0 Å². The summed E-state index contributed by atoms with van der Waals surface area (Å²) in [5.41, 5.74) is 0.905. The van der Waals surface area contributed by atoms with E-state index in [1.54, 1.807) is 36.4 Å². The Bertz CT molecular complexity index is 758. The molecule has 0 fully saturated rings. The summed E-state index contributed by atoms with van der Waals surface area (Å²) in [6, 6.07) is 12.8. The maximum atomic E-state index is 12.2. The fourth-order valence-corrected chi connectivity index (χ4v) is 3.01. The Hall–Kier alpha value is -1.86. The Morgan fingerprint density at radius 1 is 1.05 bits per heavy atom.